The van der Waals surface area contributed by atoms with Crippen LogP contribution in [-0.4, -0.2) is 21.1 Å². The molecule has 0 saturated heterocycles. The van der Waals surface area contributed by atoms with Gasteiger partial charge < -0.3 is 15.3 Å². The monoisotopic (exact) mass is 242 g/mol. The molecule has 1 aliphatic carbocycles. The second-order valence-electron chi connectivity index (χ2n) is 4.34. The standard InChI is InChI=1S/C14H10O4/c15-8-2-1-7-3-11-12(14(18)10(7)4-8)5-9(16)6-13(11)17/h1-2,4-6,15-17H,3H2. The van der Waals surface area contributed by atoms with Gasteiger partial charge in [-0.1, -0.05) is 6.07 Å². The Morgan fingerprint density at radius 3 is 2.39 bits per heavy atom. The molecule has 0 radical (unpaired) electrons. The van der Waals surface area contributed by atoms with Crippen LogP contribution in [0.1, 0.15) is 27.0 Å². The molecule has 4 heteroatoms. The number of rotatable bonds is 0. The fraction of sp³-hybridized carbons (Fsp3) is 0.0714. The first-order chi connectivity index (χ1) is 8.56. The van der Waals surface area contributed by atoms with Gasteiger partial charge in [0.15, 0.2) is 5.78 Å². The lowest BCUT2D eigenvalue weighted by atomic mass is 9.84. The predicted octanol–water partition coefficient (Wildman–Crippen LogP) is 1.94. The summed E-state index contributed by atoms with van der Waals surface area (Å²) in [5.74, 6) is -0.511. The third-order valence-corrected chi connectivity index (χ3v) is 3.16. The van der Waals surface area contributed by atoms with Gasteiger partial charge in [0.25, 0.3) is 0 Å². The second-order valence-corrected chi connectivity index (χ2v) is 4.34. The topological polar surface area (TPSA) is 77.8 Å². The molecule has 0 heterocycles. The highest BCUT2D eigenvalue weighted by Gasteiger charge is 2.26. The number of hydrogen-bond donors (Lipinski definition) is 3. The average molecular weight is 242 g/mol. The first-order valence-corrected chi connectivity index (χ1v) is 5.47. The zero-order chi connectivity index (χ0) is 12.9. The fourth-order valence-corrected chi connectivity index (χ4v) is 2.30. The van der Waals surface area contributed by atoms with E-state index < -0.39 is 0 Å². The SMILES string of the molecule is O=C1c2cc(O)ccc2Cc2c(O)cc(O)cc21. The number of phenols is 3. The minimum Gasteiger partial charge on any atom is -0.508 e. The molecule has 3 rings (SSSR count). The van der Waals surface area contributed by atoms with Crippen molar-refractivity contribution >= 4 is 5.78 Å². The average Bonchev–Trinajstić information content (AvgIpc) is 2.32. The highest BCUT2D eigenvalue weighted by molar-refractivity contribution is 6.13. The Morgan fingerprint density at radius 1 is 0.889 bits per heavy atom. The van der Waals surface area contributed by atoms with Crippen LogP contribution in [0.15, 0.2) is 30.3 Å². The highest BCUT2D eigenvalue weighted by atomic mass is 16.3. The number of carbonyl (C=O) groups is 1. The van der Waals surface area contributed by atoms with E-state index in [0.29, 0.717) is 17.5 Å². The van der Waals surface area contributed by atoms with E-state index in [0.717, 1.165) is 5.56 Å². The summed E-state index contributed by atoms with van der Waals surface area (Å²) in [6, 6.07) is 7.13. The molecule has 0 unspecified atom stereocenters. The van der Waals surface area contributed by atoms with E-state index in [1.54, 1.807) is 6.07 Å². The maximum absolute atomic E-state index is 12.2. The molecular weight excluding hydrogens is 232 g/mol. The van der Waals surface area contributed by atoms with Gasteiger partial charge in [-0.15, -0.1) is 0 Å². The minimum absolute atomic E-state index is 0.0231. The highest BCUT2D eigenvalue weighted by Crippen LogP contribution is 2.36. The van der Waals surface area contributed by atoms with Crippen LogP contribution >= 0.6 is 0 Å². The molecule has 18 heavy (non-hydrogen) atoms. The molecule has 0 atom stereocenters. The number of hydrogen-bond acceptors (Lipinski definition) is 4. The van der Waals surface area contributed by atoms with Crippen LogP contribution in [0.4, 0.5) is 0 Å². The fourth-order valence-electron chi connectivity index (χ4n) is 2.30. The van der Waals surface area contributed by atoms with E-state index >= 15 is 0 Å². The van der Waals surface area contributed by atoms with Crippen LogP contribution in [0.5, 0.6) is 17.2 Å². The van der Waals surface area contributed by atoms with Crippen molar-refractivity contribution in [3.05, 3.63) is 52.6 Å². The van der Waals surface area contributed by atoms with Crippen molar-refractivity contribution in [1.29, 1.82) is 0 Å². The molecule has 1 aliphatic rings. The smallest absolute Gasteiger partial charge is 0.194 e. The van der Waals surface area contributed by atoms with Crippen molar-refractivity contribution in [2.75, 3.05) is 0 Å². The molecule has 2 aromatic rings. The number of carbonyl (C=O) groups excluding carboxylic acids is 1. The molecule has 0 spiro atoms. The van der Waals surface area contributed by atoms with Crippen LogP contribution in [0.2, 0.25) is 0 Å². The summed E-state index contributed by atoms with van der Waals surface area (Å²) in [5, 5.41) is 28.6. The van der Waals surface area contributed by atoms with Crippen LogP contribution in [0.3, 0.4) is 0 Å². The zero-order valence-electron chi connectivity index (χ0n) is 9.34. The molecule has 90 valence electrons. The van der Waals surface area contributed by atoms with Gasteiger partial charge in [-0.25, -0.2) is 0 Å². The van der Waals surface area contributed by atoms with E-state index in [1.807, 2.05) is 0 Å². The van der Waals surface area contributed by atoms with Crippen LogP contribution in [-0.2, 0) is 6.42 Å². The number of benzene rings is 2. The van der Waals surface area contributed by atoms with E-state index in [4.69, 9.17) is 0 Å². The molecule has 0 saturated carbocycles. The summed E-state index contributed by atoms with van der Waals surface area (Å²) in [5.41, 5.74) is 1.96. The van der Waals surface area contributed by atoms with Crippen LogP contribution in [0, 0.1) is 0 Å². The molecular formula is C14H10O4. The van der Waals surface area contributed by atoms with Gasteiger partial charge in [0.2, 0.25) is 0 Å². The van der Waals surface area contributed by atoms with Crippen molar-refractivity contribution in [3.8, 4) is 17.2 Å². The van der Waals surface area contributed by atoms with Gasteiger partial charge in [-0.05, 0) is 23.8 Å². The van der Waals surface area contributed by atoms with E-state index in [1.165, 1.54) is 24.3 Å². The number of fused-ring (bicyclic) bond motifs is 2. The van der Waals surface area contributed by atoms with Crippen molar-refractivity contribution in [3.63, 3.8) is 0 Å². The Bertz CT molecular complexity index is 674. The Morgan fingerprint density at radius 2 is 1.61 bits per heavy atom. The normalized spacial score (nSPS) is 13.0. The molecule has 4 nitrogen and oxygen atoms in total. The van der Waals surface area contributed by atoms with Gasteiger partial charge in [0.05, 0.1) is 0 Å². The number of aromatic hydroxyl groups is 3. The van der Waals surface area contributed by atoms with E-state index in [-0.39, 0.29) is 28.6 Å². The minimum atomic E-state index is -0.298. The summed E-state index contributed by atoms with van der Waals surface area (Å²) >= 11 is 0. The van der Waals surface area contributed by atoms with E-state index in [9.17, 15) is 20.1 Å². The third-order valence-electron chi connectivity index (χ3n) is 3.16. The van der Waals surface area contributed by atoms with Gasteiger partial charge in [-0.3, -0.25) is 4.79 Å². The lowest BCUT2D eigenvalue weighted by molar-refractivity contribution is 0.103. The summed E-state index contributed by atoms with van der Waals surface area (Å²) < 4.78 is 0. The third kappa shape index (κ3) is 1.43. The van der Waals surface area contributed by atoms with Crippen LogP contribution < -0.4 is 0 Å². The van der Waals surface area contributed by atoms with Crippen molar-refractivity contribution in [2.45, 2.75) is 6.42 Å². The summed E-state index contributed by atoms with van der Waals surface area (Å²) in [6.45, 7) is 0. The van der Waals surface area contributed by atoms with E-state index in [2.05, 4.69) is 0 Å². The Labute approximate surface area is 103 Å². The van der Waals surface area contributed by atoms with Gasteiger partial charge in [-0.2, -0.15) is 0 Å². The van der Waals surface area contributed by atoms with Crippen LogP contribution in [0.25, 0.3) is 0 Å². The predicted molar refractivity (Wildman–Crippen MR) is 64.1 cm³/mol. The first kappa shape index (κ1) is 10.7. The molecule has 0 bridgehead atoms. The molecule has 0 aromatic heterocycles. The summed E-state index contributed by atoms with van der Waals surface area (Å²) in [7, 11) is 0. The lowest BCUT2D eigenvalue weighted by Crippen LogP contribution is -2.15. The van der Waals surface area contributed by atoms with Crippen molar-refractivity contribution in [2.24, 2.45) is 0 Å². The first-order valence-electron chi connectivity index (χ1n) is 5.47. The summed E-state index contributed by atoms with van der Waals surface area (Å²) in [4.78, 5) is 12.2. The largest absolute Gasteiger partial charge is 0.508 e. The van der Waals surface area contributed by atoms with Gasteiger partial charge in [0.1, 0.15) is 17.2 Å². The second kappa shape index (κ2) is 3.50. The number of phenolic OH excluding ortho intramolecular Hbond substituents is 3. The van der Waals surface area contributed by atoms with Gasteiger partial charge in [0, 0.05) is 29.2 Å². The maximum Gasteiger partial charge on any atom is 0.194 e. The number of ketones is 1. The molecule has 0 fully saturated rings. The quantitative estimate of drug-likeness (QED) is 0.563. The Hall–Kier alpha value is -2.49. The maximum atomic E-state index is 12.2. The summed E-state index contributed by atoms with van der Waals surface area (Å²) in [6.07, 6.45) is 0.406. The molecule has 0 amide bonds. The molecule has 3 N–H and O–H groups in total. The Balaban J connectivity index is 2.25. The van der Waals surface area contributed by atoms with Crippen molar-refractivity contribution in [1.82, 2.24) is 0 Å². The molecule has 0 aliphatic heterocycles. The zero-order valence-corrected chi connectivity index (χ0v) is 9.34. The van der Waals surface area contributed by atoms with Crippen molar-refractivity contribution < 1.29 is 20.1 Å². The van der Waals surface area contributed by atoms with Gasteiger partial charge >= 0.3 is 0 Å². The lowest BCUT2D eigenvalue weighted by Gasteiger charge is -2.19. The Kier molecular flexibility index (Phi) is 2.07. The molecule has 2 aromatic carbocycles.